The Balaban J connectivity index is 1.75. The van der Waals surface area contributed by atoms with Crippen LogP contribution in [0.3, 0.4) is 0 Å². The van der Waals surface area contributed by atoms with Crippen LogP contribution in [0.2, 0.25) is 0 Å². The summed E-state index contributed by atoms with van der Waals surface area (Å²) in [6.45, 7) is 1.70. The van der Waals surface area contributed by atoms with E-state index in [0.717, 1.165) is 25.7 Å². The number of allylic oxidation sites excluding steroid dienone is 4. The summed E-state index contributed by atoms with van der Waals surface area (Å²) in [4.78, 5) is 22.4. The van der Waals surface area contributed by atoms with E-state index in [9.17, 15) is 9.59 Å². The number of fused-ring (bicyclic) bond motifs is 2. The highest BCUT2D eigenvalue weighted by Crippen LogP contribution is 2.50. The maximum atomic E-state index is 11.4. The minimum Gasteiger partial charge on any atom is -0.469 e. The molecular weight excluding hydrogens is 264 g/mol. The smallest absolute Gasteiger partial charge is 0.305 e. The van der Waals surface area contributed by atoms with Crippen LogP contribution < -0.4 is 0 Å². The van der Waals surface area contributed by atoms with Crippen molar-refractivity contribution in [2.45, 2.75) is 45.4 Å². The molecule has 0 N–H and O–H groups in total. The zero-order chi connectivity index (χ0) is 15.2. The maximum Gasteiger partial charge on any atom is 0.305 e. The van der Waals surface area contributed by atoms with E-state index in [4.69, 9.17) is 0 Å². The number of carbonyl (C=O) groups is 2. The van der Waals surface area contributed by atoms with Gasteiger partial charge >= 0.3 is 5.97 Å². The van der Waals surface area contributed by atoms with Crippen LogP contribution in [0.5, 0.6) is 0 Å². The van der Waals surface area contributed by atoms with Gasteiger partial charge in [0, 0.05) is 12.8 Å². The van der Waals surface area contributed by atoms with Crippen LogP contribution in [0.1, 0.15) is 45.4 Å². The van der Waals surface area contributed by atoms with Gasteiger partial charge in [0.15, 0.2) is 0 Å². The van der Waals surface area contributed by atoms with E-state index in [1.54, 1.807) is 6.92 Å². The van der Waals surface area contributed by atoms with Crippen LogP contribution in [0, 0.1) is 23.7 Å². The van der Waals surface area contributed by atoms with Gasteiger partial charge in [-0.2, -0.15) is 0 Å². The summed E-state index contributed by atoms with van der Waals surface area (Å²) < 4.78 is 4.62. The van der Waals surface area contributed by atoms with Gasteiger partial charge in [-0.05, 0) is 56.3 Å². The Morgan fingerprint density at radius 2 is 1.90 bits per heavy atom. The number of methoxy groups -OCH3 is 1. The van der Waals surface area contributed by atoms with Crippen LogP contribution >= 0.6 is 0 Å². The molecule has 0 aromatic heterocycles. The van der Waals surface area contributed by atoms with Crippen molar-refractivity contribution in [2.75, 3.05) is 7.11 Å². The van der Waals surface area contributed by atoms with Gasteiger partial charge in [-0.25, -0.2) is 0 Å². The van der Waals surface area contributed by atoms with Crippen LogP contribution in [-0.4, -0.2) is 18.9 Å². The molecule has 2 rings (SSSR count). The lowest BCUT2D eigenvalue weighted by Gasteiger charge is -2.26. The number of ether oxygens (including phenoxy) is 1. The Hall–Kier alpha value is -1.38. The summed E-state index contributed by atoms with van der Waals surface area (Å²) in [5, 5.41) is 0. The lowest BCUT2D eigenvalue weighted by Crippen LogP contribution is -2.21. The minimum absolute atomic E-state index is 0.136. The molecular formula is C18H26O3. The topological polar surface area (TPSA) is 43.4 Å². The number of carbonyl (C=O) groups excluding carboxylic acids is 2. The average molecular weight is 290 g/mol. The fraction of sp³-hybridized carbons (Fsp3) is 0.667. The lowest BCUT2D eigenvalue weighted by molar-refractivity contribution is -0.140. The second-order valence-corrected chi connectivity index (χ2v) is 6.36. The number of ketones is 1. The molecule has 0 radical (unpaired) electrons. The third kappa shape index (κ3) is 4.29. The minimum atomic E-state index is -0.136. The largest absolute Gasteiger partial charge is 0.469 e. The van der Waals surface area contributed by atoms with Crippen molar-refractivity contribution in [3.63, 3.8) is 0 Å². The molecule has 3 nitrogen and oxygen atoms in total. The first-order chi connectivity index (χ1) is 10.1. The van der Waals surface area contributed by atoms with Crippen molar-refractivity contribution in [1.29, 1.82) is 0 Å². The maximum absolute atomic E-state index is 11.4. The Morgan fingerprint density at radius 1 is 1.19 bits per heavy atom. The first-order valence-corrected chi connectivity index (χ1v) is 8.01. The zero-order valence-electron chi connectivity index (χ0n) is 13.1. The van der Waals surface area contributed by atoms with E-state index in [2.05, 4.69) is 29.0 Å². The van der Waals surface area contributed by atoms with Crippen molar-refractivity contribution >= 4 is 11.8 Å². The first kappa shape index (κ1) is 16.0. The fourth-order valence-corrected chi connectivity index (χ4v) is 3.85. The second kappa shape index (κ2) is 7.58. The third-order valence-corrected chi connectivity index (χ3v) is 4.88. The standard InChI is InChI=1S/C18H26O3/c1-13(19)11-17-15-10-9-14(12-15)16(17)7-5-3-4-6-8-18(20)21-2/h3,5,9-10,14-17H,4,6-8,11-12H2,1-2H3. The Morgan fingerprint density at radius 3 is 2.57 bits per heavy atom. The van der Waals surface area contributed by atoms with Crippen molar-refractivity contribution in [2.24, 2.45) is 23.7 Å². The van der Waals surface area contributed by atoms with E-state index >= 15 is 0 Å². The Labute approximate surface area is 127 Å². The second-order valence-electron chi connectivity index (χ2n) is 6.36. The molecule has 0 heterocycles. The van der Waals surface area contributed by atoms with Crippen LogP contribution in [0.4, 0.5) is 0 Å². The normalized spacial score (nSPS) is 30.2. The van der Waals surface area contributed by atoms with Crippen molar-refractivity contribution < 1.29 is 14.3 Å². The summed E-state index contributed by atoms with van der Waals surface area (Å²) in [6.07, 6.45) is 14.3. The quantitative estimate of drug-likeness (QED) is 0.389. The van der Waals surface area contributed by atoms with Crippen molar-refractivity contribution in [1.82, 2.24) is 0 Å². The van der Waals surface area contributed by atoms with Gasteiger partial charge in [-0.15, -0.1) is 0 Å². The van der Waals surface area contributed by atoms with Gasteiger partial charge in [-0.1, -0.05) is 24.3 Å². The number of Topliss-reactive ketones (excluding diaryl/α,β-unsaturated/α-hetero) is 1. The molecule has 2 aliphatic carbocycles. The number of hydrogen-bond donors (Lipinski definition) is 0. The molecule has 0 aromatic rings. The number of esters is 1. The van der Waals surface area contributed by atoms with E-state index in [-0.39, 0.29) is 5.97 Å². The lowest BCUT2D eigenvalue weighted by atomic mass is 9.78. The number of unbranched alkanes of at least 4 members (excludes halogenated alkanes) is 1. The highest BCUT2D eigenvalue weighted by atomic mass is 16.5. The molecule has 21 heavy (non-hydrogen) atoms. The molecule has 2 bridgehead atoms. The van der Waals surface area contributed by atoms with Crippen molar-refractivity contribution in [3.05, 3.63) is 24.3 Å². The summed E-state index contributed by atoms with van der Waals surface area (Å²) in [7, 11) is 1.43. The molecule has 1 fully saturated rings. The van der Waals surface area contributed by atoms with Crippen LogP contribution in [-0.2, 0) is 14.3 Å². The molecule has 0 aliphatic heterocycles. The third-order valence-electron chi connectivity index (χ3n) is 4.88. The Kier molecular flexibility index (Phi) is 5.77. The fourth-order valence-electron chi connectivity index (χ4n) is 3.85. The van der Waals surface area contributed by atoms with Gasteiger partial charge < -0.3 is 9.53 Å². The predicted molar refractivity (Wildman–Crippen MR) is 82.6 cm³/mol. The van der Waals surface area contributed by atoms with Crippen molar-refractivity contribution in [3.8, 4) is 0 Å². The van der Waals surface area contributed by atoms with Crippen LogP contribution in [0.25, 0.3) is 0 Å². The summed E-state index contributed by atoms with van der Waals surface area (Å²) in [5.41, 5.74) is 0. The molecule has 4 atom stereocenters. The zero-order valence-corrected chi connectivity index (χ0v) is 13.1. The molecule has 2 aliphatic rings. The molecule has 0 amide bonds. The summed E-state index contributed by atoms with van der Waals surface area (Å²) in [5.74, 6) is 2.63. The van der Waals surface area contributed by atoms with Crippen LogP contribution in [0.15, 0.2) is 24.3 Å². The van der Waals surface area contributed by atoms with Gasteiger partial charge in [0.2, 0.25) is 0 Å². The monoisotopic (exact) mass is 290 g/mol. The van der Waals surface area contributed by atoms with Gasteiger partial charge in [-0.3, -0.25) is 4.79 Å². The summed E-state index contributed by atoms with van der Waals surface area (Å²) in [6, 6.07) is 0. The van der Waals surface area contributed by atoms with Gasteiger partial charge in [0.05, 0.1) is 7.11 Å². The van der Waals surface area contributed by atoms with E-state index in [0.29, 0.717) is 35.9 Å². The number of rotatable bonds is 8. The first-order valence-electron chi connectivity index (χ1n) is 8.01. The molecule has 3 heteroatoms. The molecule has 1 saturated carbocycles. The average Bonchev–Trinajstić information content (AvgIpc) is 3.04. The van der Waals surface area contributed by atoms with E-state index in [1.807, 2.05) is 0 Å². The van der Waals surface area contributed by atoms with Gasteiger partial charge in [0.1, 0.15) is 5.78 Å². The highest BCUT2D eigenvalue weighted by molar-refractivity contribution is 5.76. The van der Waals surface area contributed by atoms with E-state index in [1.165, 1.54) is 13.5 Å². The number of hydrogen-bond acceptors (Lipinski definition) is 3. The van der Waals surface area contributed by atoms with Gasteiger partial charge in [0.25, 0.3) is 0 Å². The van der Waals surface area contributed by atoms with E-state index < -0.39 is 0 Å². The molecule has 0 aromatic carbocycles. The summed E-state index contributed by atoms with van der Waals surface area (Å²) >= 11 is 0. The molecule has 0 spiro atoms. The molecule has 116 valence electrons. The SMILES string of the molecule is COC(=O)CCCC=CCC1C2C=CC(C2)C1CC(C)=O. The molecule has 0 saturated heterocycles. The predicted octanol–water partition coefficient (Wildman–Crippen LogP) is 3.69. The molecule has 4 unspecified atom stereocenters. The highest BCUT2D eigenvalue weighted by Gasteiger charge is 2.43. The Bertz CT molecular complexity index is 436.